The van der Waals surface area contributed by atoms with Crippen molar-refractivity contribution in [1.82, 2.24) is 0 Å². The van der Waals surface area contributed by atoms with Gasteiger partial charge in [0.25, 0.3) is 0 Å². The summed E-state index contributed by atoms with van der Waals surface area (Å²) in [6.07, 6.45) is 1.41. The van der Waals surface area contributed by atoms with Crippen LogP contribution in [0.1, 0.15) is 26.7 Å². The van der Waals surface area contributed by atoms with E-state index in [0.29, 0.717) is 6.42 Å². The summed E-state index contributed by atoms with van der Waals surface area (Å²) in [5.74, 6) is -0.197. The molecule has 0 N–H and O–H groups in total. The van der Waals surface area contributed by atoms with Crippen molar-refractivity contribution in [2.24, 2.45) is 5.92 Å². The number of rotatable bonds is 5. The Balaban J connectivity index is 4.14. The van der Waals surface area contributed by atoms with E-state index in [1.54, 1.807) is 6.92 Å². The monoisotopic (exact) mass is 234 g/mol. The lowest BCUT2D eigenvalue weighted by molar-refractivity contribution is -0.0549. The Morgan fingerprint density at radius 2 is 1.86 bits per heavy atom. The van der Waals surface area contributed by atoms with Crippen molar-refractivity contribution >= 4 is 10.1 Å². The van der Waals surface area contributed by atoms with E-state index in [-0.39, 0.29) is 5.92 Å². The highest BCUT2D eigenvalue weighted by molar-refractivity contribution is 7.87. The molecule has 86 valence electrons. The minimum atomic E-state index is -5.41. The van der Waals surface area contributed by atoms with Gasteiger partial charge in [-0.15, -0.1) is 0 Å². The SMILES string of the molecule is CCCC(C)COS(=O)(=O)C(F)(F)F. The minimum absolute atomic E-state index is 0.197. The fourth-order valence-electron chi connectivity index (χ4n) is 0.849. The average molecular weight is 234 g/mol. The summed E-state index contributed by atoms with van der Waals surface area (Å²) in [4.78, 5) is 0. The van der Waals surface area contributed by atoms with Gasteiger partial charge in [0.15, 0.2) is 0 Å². The van der Waals surface area contributed by atoms with Crippen molar-refractivity contribution in [3.63, 3.8) is 0 Å². The first-order chi connectivity index (χ1) is 6.20. The van der Waals surface area contributed by atoms with Crippen LogP contribution in [0.5, 0.6) is 0 Å². The molecular weight excluding hydrogens is 221 g/mol. The smallest absolute Gasteiger partial charge is 0.263 e. The van der Waals surface area contributed by atoms with Gasteiger partial charge in [-0.3, -0.25) is 4.18 Å². The molecule has 0 heterocycles. The summed E-state index contributed by atoms with van der Waals surface area (Å²) in [6.45, 7) is 3.07. The van der Waals surface area contributed by atoms with Crippen molar-refractivity contribution in [3.05, 3.63) is 0 Å². The van der Waals surface area contributed by atoms with Gasteiger partial charge in [-0.1, -0.05) is 20.3 Å². The third-order valence-corrected chi connectivity index (χ3v) is 2.59. The summed E-state index contributed by atoms with van der Waals surface area (Å²) in [7, 11) is -5.41. The Hall–Kier alpha value is -0.300. The zero-order chi connectivity index (χ0) is 11.4. The van der Waals surface area contributed by atoms with Crippen LogP contribution in [0.4, 0.5) is 13.2 Å². The van der Waals surface area contributed by atoms with Crippen LogP contribution < -0.4 is 0 Å². The quantitative estimate of drug-likeness (QED) is 0.541. The predicted molar refractivity (Wildman–Crippen MR) is 45.0 cm³/mol. The van der Waals surface area contributed by atoms with Crippen LogP contribution in [0.2, 0.25) is 0 Å². The second-order valence-electron chi connectivity index (χ2n) is 3.08. The zero-order valence-electron chi connectivity index (χ0n) is 7.97. The molecule has 3 nitrogen and oxygen atoms in total. The summed E-state index contributed by atoms with van der Waals surface area (Å²) >= 11 is 0. The first kappa shape index (κ1) is 13.7. The third-order valence-electron chi connectivity index (χ3n) is 1.57. The van der Waals surface area contributed by atoms with Crippen LogP contribution in [0.3, 0.4) is 0 Å². The molecule has 0 aromatic heterocycles. The van der Waals surface area contributed by atoms with Crippen LogP contribution >= 0.6 is 0 Å². The Bertz CT molecular complexity index is 258. The van der Waals surface area contributed by atoms with Crippen LogP contribution in [-0.4, -0.2) is 20.5 Å². The summed E-state index contributed by atoms with van der Waals surface area (Å²) in [6, 6.07) is 0. The molecule has 0 spiro atoms. The van der Waals surface area contributed by atoms with E-state index in [2.05, 4.69) is 4.18 Å². The van der Waals surface area contributed by atoms with E-state index in [0.717, 1.165) is 6.42 Å². The van der Waals surface area contributed by atoms with Gasteiger partial charge in [0.2, 0.25) is 0 Å². The molecule has 0 fully saturated rings. The van der Waals surface area contributed by atoms with Gasteiger partial charge in [0.05, 0.1) is 6.61 Å². The lowest BCUT2D eigenvalue weighted by atomic mass is 10.1. The van der Waals surface area contributed by atoms with Gasteiger partial charge in [-0.05, 0) is 12.3 Å². The molecule has 1 atom stereocenters. The number of hydrogen-bond donors (Lipinski definition) is 0. The minimum Gasteiger partial charge on any atom is -0.263 e. The maximum atomic E-state index is 11.8. The van der Waals surface area contributed by atoms with E-state index in [1.165, 1.54) is 0 Å². The van der Waals surface area contributed by atoms with E-state index in [4.69, 9.17) is 0 Å². The summed E-state index contributed by atoms with van der Waals surface area (Å²) in [5.41, 5.74) is -5.32. The molecule has 0 rings (SSSR count). The highest BCUT2D eigenvalue weighted by atomic mass is 32.2. The van der Waals surface area contributed by atoms with Crippen molar-refractivity contribution < 1.29 is 25.8 Å². The van der Waals surface area contributed by atoms with Crippen LogP contribution in [0.25, 0.3) is 0 Å². The van der Waals surface area contributed by atoms with E-state index < -0.39 is 22.2 Å². The third kappa shape index (κ3) is 4.28. The molecule has 0 saturated heterocycles. The molecule has 0 aromatic rings. The molecule has 0 radical (unpaired) electrons. The molecule has 0 aliphatic heterocycles. The highest BCUT2D eigenvalue weighted by Gasteiger charge is 2.47. The van der Waals surface area contributed by atoms with Gasteiger partial charge >= 0.3 is 15.6 Å². The Labute approximate surface area is 81.4 Å². The van der Waals surface area contributed by atoms with Crippen molar-refractivity contribution in [2.75, 3.05) is 6.61 Å². The Morgan fingerprint density at radius 3 is 2.21 bits per heavy atom. The predicted octanol–water partition coefficient (Wildman–Crippen LogP) is 2.29. The molecule has 1 unspecified atom stereocenters. The van der Waals surface area contributed by atoms with Crippen molar-refractivity contribution in [2.45, 2.75) is 32.2 Å². The Morgan fingerprint density at radius 1 is 1.36 bits per heavy atom. The standard InChI is InChI=1S/C7H13F3O3S/c1-3-4-6(2)5-13-14(11,12)7(8,9)10/h6H,3-5H2,1-2H3. The molecule has 0 bridgehead atoms. The number of hydrogen-bond acceptors (Lipinski definition) is 3. The van der Waals surface area contributed by atoms with E-state index in [1.807, 2.05) is 6.92 Å². The van der Waals surface area contributed by atoms with Gasteiger partial charge in [0, 0.05) is 0 Å². The summed E-state index contributed by atoms with van der Waals surface area (Å²) in [5, 5.41) is 0. The maximum Gasteiger partial charge on any atom is 0.523 e. The Kier molecular flexibility index (Phi) is 4.87. The normalized spacial score (nSPS) is 15.5. The molecular formula is C7H13F3O3S. The first-order valence-electron chi connectivity index (χ1n) is 4.16. The topological polar surface area (TPSA) is 43.4 Å². The van der Waals surface area contributed by atoms with E-state index >= 15 is 0 Å². The summed E-state index contributed by atoms with van der Waals surface area (Å²) < 4.78 is 60.0. The van der Waals surface area contributed by atoms with E-state index in [9.17, 15) is 21.6 Å². The fourth-order valence-corrected chi connectivity index (χ4v) is 1.39. The van der Waals surface area contributed by atoms with Gasteiger partial charge in [0.1, 0.15) is 0 Å². The van der Waals surface area contributed by atoms with Crippen LogP contribution in [0, 0.1) is 5.92 Å². The zero-order valence-corrected chi connectivity index (χ0v) is 8.78. The van der Waals surface area contributed by atoms with Crippen molar-refractivity contribution in [3.8, 4) is 0 Å². The van der Waals surface area contributed by atoms with Crippen LogP contribution in [-0.2, 0) is 14.3 Å². The molecule has 14 heavy (non-hydrogen) atoms. The van der Waals surface area contributed by atoms with Gasteiger partial charge < -0.3 is 0 Å². The molecule has 0 aliphatic carbocycles. The first-order valence-corrected chi connectivity index (χ1v) is 5.57. The molecule has 0 aliphatic rings. The molecule has 0 aromatic carbocycles. The molecule has 7 heteroatoms. The van der Waals surface area contributed by atoms with Crippen molar-refractivity contribution in [1.29, 1.82) is 0 Å². The second kappa shape index (κ2) is 4.97. The lowest BCUT2D eigenvalue weighted by Gasteiger charge is -2.12. The number of alkyl halides is 3. The molecule has 0 amide bonds. The maximum absolute atomic E-state index is 11.8. The highest BCUT2D eigenvalue weighted by Crippen LogP contribution is 2.25. The fraction of sp³-hybridized carbons (Fsp3) is 1.00. The van der Waals surface area contributed by atoms with Gasteiger partial charge in [-0.2, -0.15) is 21.6 Å². The largest absolute Gasteiger partial charge is 0.523 e. The second-order valence-corrected chi connectivity index (χ2v) is 4.69. The van der Waals surface area contributed by atoms with Crippen LogP contribution in [0.15, 0.2) is 0 Å². The molecule has 0 saturated carbocycles. The van der Waals surface area contributed by atoms with Gasteiger partial charge in [-0.25, -0.2) is 0 Å². The lowest BCUT2D eigenvalue weighted by Crippen LogP contribution is -2.27. The average Bonchev–Trinajstić information content (AvgIpc) is 1.99. The number of halogens is 3.